The van der Waals surface area contributed by atoms with Gasteiger partial charge in [-0.2, -0.15) is 0 Å². The lowest BCUT2D eigenvalue weighted by molar-refractivity contribution is 0.307. The van der Waals surface area contributed by atoms with Gasteiger partial charge < -0.3 is 11.1 Å². The van der Waals surface area contributed by atoms with Gasteiger partial charge in [0.25, 0.3) is 0 Å². The fourth-order valence-corrected chi connectivity index (χ4v) is 1.44. The molecule has 0 saturated heterocycles. The Balaban J connectivity index is 2.13. The molecule has 0 aliphatic carbocycles. The predicted octanol–water partition coefficient (Wildman–Crippen LogP) is 0.339. The van der Waals surface area contributed by atoms with E-state index >= 15 is 0 Å². The molecular weight excluding hydrogens is 188 g/mol. The molecule has 0 bridgehead atoms. The quantitative estimate of drug-likeness (QED) is 0.389. The number of nitrogens with two attached hydrogens (primary N) is 1. The highest BCUT2D eigenvalue weighted by atomic mass is 15.1. The van der Waals surface area contributed by atoms with Gasteiger partial charge in [0.1, 0.15) is 0 Å². The lowest BCUT2D eigenvalue weighted by Gasteiger charge is -2.21. The van der Waals surface area contributed by atoms with Crippen LogP contribution in [0.3, 0.4) is 0 Å². The molecule has 0 aromatic carbocycles. The fraction of sp³-hybridized carbons (Fsp3) is 0.545. The summed E-state index contributed by atoms with van der Waals surface area (Å²) in [6.07, 6.45) is 7.33. The van der Waals surface area contributed by atoms with Gasteiger partial charge in [0.05, 0.1) is 6.54 Å². The Hall–Kier alpha value is -1.29. The summed E-state index contributed by atoms with van der Waals surface area (Å²) in [7, 11) is 0. The largest absolute Gasteiger partial charge is 0.370 e. The summed E-state index contributed by atoms with van der Waals surface area (Å²) in [5.74, 6) is 0.502. The minimum absolute atomic E-state index is 0.502. The zero-order valence-corrected chi connectivity index (χ0v) is 9.15. The second kappa shape index (κ2) is 7.06. The predicted molar refractivity (Wildman–Crippen MR) is 64.9 cm³/mol. The summed E-state index contributed by atoms with van der Waals surface area (Å²) in [5.41, 5.74) is 5.63. The van der Waals surface area contributed by atoms with E-state index < -0.39 is 0 Å². The van der Waals surface area contributed by atoms with Crippen molar-refractivity contribution in [1.29, 1.82) is 0 Å². The van der Waals surface area contributed by atoms with Gasteiger partial charge >= 0.3 is 0 Å². The Morgan fingerprint density at radius 3 is 3.13 bits per heavy atom. The second-order valence-electron chi connectivity index (χ2n) is 3.50. The lowest BCUT2D eigenvalue weighted by atomic mass is 10.2. The SMILES string of the molecule is C=CCNC(N)=NCCN1CC=CCC1. The van der Waals surface area contributed by atoms with E-state index in [9.17, 15) is 0 Å². The maximum absolute atomic E-state index is 5.63. The molecule has 0 aromatic heterocycles. The van der Waals surface area contributed by atoms with Crippen LogP contribution in [-0.2, 0) is 0 Å². The molecule has 4 heteroatoms. The summed E-state index contributed by atoms with van der Waals surface area (Å²) in [4.78, 5) is 6.59. The Morgan fingerprint density at radius 2 is 2.47 bits per heavy atom. The average molecular weight is 208 g/mol. The van der Waals surface area contributed by atoms with Gasteiger partial charge in [-0.3, -0.25) is 9.89 Å². The molecule has 0 fully saturated rings. The summed E-state index contributed by atoms with van der Waals surface area (Å²) in [6.45, 7) is 8.16. The molecule has 3 N–H and O–H groups in total. The molecule has 0 atom stereocenters. The van der Waals surface area contributed by atoms with E-state index in [1.165, 1.54) is 0 Å². The highest BCUT2D eigenvalue weighted by Gasteiger charge is 2.04. The van der Waals surface area contributed by atoms with Crippen molar-refractivity contribution in [1.82, 2.24) is 10.2 Å². The van der Waals surface area contributed by atoms with Crippen LogP contribution >= 0.6 is 0 Å². The zero-order chi connectivity index (χ0) is 10.9. The second-order valence-corrected chi connectivity index (χ2v) is 3.50. The molecule has 1 aliphatic heterocycles. The molecule has 0 spiro atoms. The van der Waals surface area contributed by atoms with Crippen molar-refractivity contribution in [3.8, 4) is 0 Å². The normalized spacial score (nSPS) is 17.7. The Morgan fingerprint density at radius 1 is 1.60 bits per heavy atom. The maximum atomic E-state index is 5.63. The monoisotopic (exact) mass is 208 g/mol. The van der Waals surface area contributed by atoms with Crippen molar-refractivity contribution in [2.24, 2.45) is 10.7 Å². The van der Waals surface area contributed by atoms with Gasteiger partial charge in [0.15, 0.2) is 5.96 Å². The van der Waals surface area contributed by atoms with Crippen molar-refractivity contribution < 1.29 is 0 Å². The van der Waals surface area contributed by atoms with Crippen LogP contribution in [0.1, 0.15) is 6.42 Å². The molecule has 84 valence electrons. The van der Waals surface area contributed by atoms with Crippen LogP contribution in [0.15, 0.2) is 29.8 Å². The summed E-state index contributed by atoms with van der Waals surface area (Å²) in [6, 6.07) is 0. The molecule has 0 saturated carbocycles. The number of aliphatic imine (C=N–C) groups is 1. The number of nitrogens with zero attached hydrogens (tertiary/aromatic N) is 2. The first-order valence-electron chi connectivity index (χ1n) is 5.35. The lowest BCUT2D eigenvalue weighted by Crippen LogP contribution is -2.34. The van der Waals surface area contributed by atoms with Crippen molar-refractivity contribution in [2.75, 3.05) is 32.7 Å². The summed E-state index contributed by atoms with van der Waals surface area (Å²) in [5, 5.41) is 2.95. The minimum atomic E-state index is 0.502. The highest BCUT2D eigenvalue weighted by molar-refractivity contribution is 5.77. The first-order valence-corrected chi connectivity index (χ1v) is 5.35. The summed E-state index contributed by atoms with van der Waals surface area (Å²) >= 11 is 0. The standard InChI is InChI=1S/C11H20N4/c1-2-6-13-11(12)14-7-10-15-8-4-3-5-9-15/h2-4H,1,5-10H2,(H3,12,13,14). The molecular formula is C11H20N4. The van der Waals surface area contributed by atoms with E-state index in [0.717, 1.165) is 32.6 Å². The highest BCUT2D eigenvalue weighted by Crippen LogP contribution is 1.99. The van der Waals surface area contributed by atoms with Crippen LogP contribution < -0.4 is 11.1 Å². The van der Waals surface area contributed by atoms with Gasteiger partial charge in [-0.1, -0.05) is 18.2 Å². The molecule has 1 rings (SSSR count). The first kappa shape index (κ1) is 11.8. The van der Waals surface area contributed by atoms with E-state index in [-0.39, 0.29) is 0 Å². The first-order chi connectivity index (χ1) is 7.33. The molecule has 1 heterocycles. The van der Waals surface area contributed by atoms with Crippen LogP contribution in [0.4, 0.5) is 0 Å². The van der Waals surface area contributed by atoms with E-state index in [0.29, 0.717) is 12.5 Å². The molecule has 4 nitrogen and oxygen atoms in total. The fourth-order valence-electron chi connectivity index (χ4n) is 1.44. The average Bonchev–Trinajstić information content (AvgIpc) is 2.28. The van der Waals surface area contributed by atoms with Gasteiger partial charge in [0.2, 0.25) is 0 Å². The molecule has 0 amide bonds. The van der Waals surface area contributed by atoms with Crippen LogP contribution in [0.5, 0.6) is 0 Å². The van der Waals surface area contributed by atoms with Crippen LogP contribution in [-0.4, -0.2) is 43.6 Å². The number of rotatable bonds is 5. The molecule has 0 aromatic rings. The molecule has 1 aliphatic rings. The van der Waals surface area contributed by atoms with E-state index in [4.69, 9.17) is 5.73 Å². The number of nitrogens with one attached hydrogen (secondary N) is 1. The van der Waals surface area contributed by atoms with E-state index in [2.05, 4.69) is 33.9 Å². The van der Waals surface area contributed by atoms with Crippen molar-refractivity contribution in [3.05, 3.63) is 24.8 Å². The minimum Gasteiger partial charge on any atom is -0.370 e. The molecule has 0 radical (unpaired) electrons. The van der Waals surface area contributed by atoms with Crippen molar-refractivity contribution in [2.45, 2.75) is 6.42 Å². The Labute approximate surface area is 91.5 Å². The number of hydrogen-bond acceptors (Lipinski definition) is 2. The Bertz CT molecular complexity index is 245. The summed E-state index contributed by atoms with van der Waals surface area (Å²) < 4.78 is 0. The van der Waals surface area contributed by atoms with Crippen LogP contribution in [0.2, 0.25) is 0 Å². The van der Waals surface area contributed by atoms with Gasteiger partial charge in [-0.25, -0.2) is 0 Å². The zero-order valence-electron chi connectivity index (χ0n) is 9.15. The maximum Gasteiger partial charge on any atom is 0.188 e. The number of guanidine groups is 1. The van der Waals surface area contributed by atoms with Crippen LogP contribution in [0.25, 0.3) is 0 Å². The molecule has 0 unspecified atom stereocenters. The third-order valence-corrected chi connectivity index (χ3v) is 2.27. The van der Waals surface area contributed by atoms with E-state index in [1.807, 2.05) is 0 Å². The van der Waals surface area contributed by atoms with Gasteiger partial charge in [-0.05, 0) is 6.42 Å². The number of hydrogen-bond donors (Lipinski definition) is 2. The third-order valence-electron chi connectivity index (χ3n) is 2.27. The van der Waals surface area contributed by atoms with E-state index in [1.54, 1.807) is 6.08 Å². The topological polar surface area (TPSA) is 53.6 Å². The smallest absolute Gasteiger partial charge is 0.188 e. The van der Waals surface area contributed by atoms with Gasteiger partial charge in [0, 0.05) is 26.2 Å². The van der Waals surface area contributed by atoms with Crippen LogP contribution in [0, 0.1) is 0 Å². The van der Waals surface area contributed by atoms with Crippen molar-refractivity contribution >= 4 is 5.96 Å². The third kappa shape index (κ3) is 5.22. The van der Waals surface area contributed by atoms with Crippen molar-refractivity contribution in [3.63, 3.8) is 0 Å². The Kier molecular flexibility index (Phi) is 5.55. The molecule has 15 heavy (non-hydrogen) atoms. The van der Waals surface area contributed by atoms with Gasteiger partial charge in [-0.15, -0.1) is 6.58 Å².